The van der Waals surface area contributed by atoms with Gasteiger partial charge in [-0.2, -0.15) is 9.10 Å². The lowest BCUT2D eigenvalue weighted by atomic mass is 9.98. The number of rotatable bonds is 7. The number of carbonyl (C=O) groups excluding carboxylic acids is 1. The first-order valence-corrected chi connectivity index (χ1v) is 13.6. The predicted octanol–water partition coefficient (Wildman–Crippen LogP) is 0.895. The highest BCUT2D eigenvalue weighted by molar-refractivity contribution is 7.91. The van der Waals surface area contributed by atoms with E-state index in [2.05, 4.69) is 20.3 Å². The minimum absolute atomic E-state index is 0.00735. The molecule has 0 spiro atoms. The third kappa shape index (κ3) is 4.94. The maximum Gasteiger partial charge on any atom is 0.266 e. The van der Waals surface area contributed by atoms with E-state index in [1.807, 2.05) is 54.6 Å². The van der Waals surface area contributed by atoms with E-state index >= 15 is 0 Å². The lowest BCUT2D eigenvalue weighted by Crippen LogP contribution is -2.62. The number of sulfonamides is 1. The number of nitrogens with one attached hydrogen (secondary N) is 1. The van der Waals surface area contributed by atoms with Crippen LogP contribution in [-0.4, -0.2) is 88.2 Å². The number of nitrogens with zero attached hydrogens (tertiary/aromatic N) is 6. The zero-order chi connectivity index (χ0) is 25.9. The first-order valence-electron chi connectivity index (χ1n) is 12.1. The maximum atomic E-state index is 13.5. The lowest BCUT2D eigenvalue weighted by Gasteiger charge is -2.42. The fourth-order valence-corrected chi connectivity index (χ4v) is 6.93. The van der Waals surface area contributed by atoms with Crippen LogP contribution in [0.15, 0.2) is 54.6 Å². The van der Waals surface area contributed by atoms with E-state index in [-0.39, 0.29) is 39.1 Å². The Kier molecular flexibility index (Phi) is 7.20. The predicted molar refractivity (Wildman–Crippen MR) is 134 cm³/mol. The van der Waals surface area contributed by atoms with Crippen molar-refractivity contribution in [1.29, 1.82) is 0 Å². The van der Waals surface area contributed by atoms with E-state index in [9.17, 15) is 18.4 Å². The van der Waals surface area contributed by atoms with Crippen molar-refractivity contribution in [2.24, 2.45) is 0 Å². The van der Waals surface area contributed by atoms with Crippen LogP contribution in [-0.2, 0) is 26.1 Å². The molecule has 0 unspecified atom stereocenters. The van der Waals surface area contributed by atoms with Gasteiger partial charge in [-0.05, 0) is 35.0 Å². The van der Waals surface area contributed by atoms with Gasteiger partial charge in [-0.15, -0.1) is 10.2 Å². The minimum atomic E-state index is -4.00. The number of piperazine rings is 1. The molecule has 2 fully saturated rings. The molecule has 12 nitrogen and oxygen atoms in total. The Hall–Kier alpha value is -3.39. The van der Waals surface area contributed by atoms with Crippen molar-refractivity contribution < 1.29 is 23.2 Å². The quantitative estimate of drug-likeness (QED) is 0.338. The normalized spacial score (nSPS) is 18.5. The van der Waals surface area contributed by atoms with Gasteiger partial charge in [0.1, 0.15) is 0 Å². The van der Waals surface area contributed by atoms with Crippen molar-refractivity contribution in [3.8, 4) is 11.4 Å². The van der Waals surface area contributed by atoms with Crippen LogP contribution in [0.3, 0.4) is 0 Å². The number of carbonyl (C=O) groups is 1. The van der Waals surface area contributed by atoms with E-state index in [0.29, 0.717) is 25.5 Å². The topological polar surface area (TPSA) is 143 Å². The van der Waals surface area contributed by atoms with Crippen LogP contribution < -0.4 is 10.4 Å². The van der Waals surface area contributed by atoms with Crippen molar-refractivity contribution in [2.45, 2.75) is 24.1 Å². The molecule has 0 radical (unpaired) electrons. The molecule has 2 N–H and O–H groups in total. The summed E-state index contributed by atoms with van der Waals surface area (Å²) in [6, 6.07) is 17.7. The van der Waals surface area contributed by atoms with Gasteiger partial charge in [0.2, 0.25) is 15.8 Å². The smallest absolute Gasteiger partial charge is 0.266 e. The molecule has 3 heterocycles. The van der Waals surface area contributed by atoms with Gasteiger partial charge in [-0.1, -0.05) is 30.3 Å². The van der Waals surface area contributed by atoms with Crippen molar-refractivity contribution >= 4 is 21.6 Å². The number of ether oxygens (including phenoxy) is 1. The van der Waals surface area contributed by atoms with Crippen LogP contribution >= 0.6 is 0 Å². The number of hydroxylamine groups is 1. The summed E-state index contributed by atoms with van der Waals surface area (Å²) in [6.07, 6.45) is 0.0147. The van der Waals surface area contributed by atoms with Crippen molar-refractivity contribution in [3.63, 3.8) is 0 Å². The fraction of sp³-hybridized carbons (Fsp3) is 0.417. The Morgan fingerprint density at radius 3 is 2.32 bits per heavy atom. The molecule has 1 aromatic heterocycles. The number of hydrogen-bond donors (Lipinski definition) is 2. The number of tetrazole rings is 1. The number of anilines is 1. The van der Waals surface area contributed by atoms with Crippen LogP contribution in [0.25, 0.3) is 11.4 Å². The molecule has 37 heavy (non-hydrogen) atoms. The zero-order valence-electron chi connectivity index (χ0n) is 20.2. The van der Waals surface area contributed by atoms with Crippen molar-refractivity contribution in [3.05, 3.63) is 60.2 Å². The summed E-state index contributed by atoms with van der Waals surface area (Å²) >= 11 is 0. The average Bonchev–Trinajstić information content (AvgIpc) is 3.42. The molecule has 0 aliphatic carbocycles. The van der Waals surface area contributed by atoms with Crippen molar-refractivity contribution in [2.75, 3.05) is 44.3 Å². The monoisotopic (exact) mass is 527 g/mol. The van der Waals surface area contributed by atoms with Gasteiger partial charge in [0, 0.05) is 63.5 Å². The summed E-state index contributed by atoms with van der Waals surface area (Å²) in [5.74, 6) is -0.370. The summed E-state index contributed by atoms with van der Waals surface area (Å²) in [5, 5.41) is 22.0. The third-order valence-electron chi connectivity index (χ3n) is 7.00. The molecule has 2 aromatic carbocycles. The summed E-state index contributed by atoms with van der Waals surface area (Å²) in [6.45, 7) is 2.24. The van der Waals surface area contributed by atoms with Crippen LogP contribution in [0.2, 0.25) is 0 Å². The average molecular weight is 528 g/mol. The minimum Gasteiger partial charge on any atom is -0.381 e. The second kappa shape index (κ2) is 10.5. The fourth-order valence-electron chi connectivity index (χ4n) is 4.83. The highest BCUT2D eigenvalue weighted by atomic mass is 32.2. The van der Waals surface area contributed by atoms with Crippen LogP contribution in [0.5, 0.6) is 0 Å². The first-order chi connectivity index (χ1) is 17.9. The van der Waals surface area contributed by atoms with Gasteiger partial charge >= 0.3 is 0 Å². The Morgan fingerprint density at radius 1 is 1.00 bits per heavy atom. The standard InChI is InChI=1S/C24H29N7O5S/c32-23(27-33)24(10-16-36-17-11-24)37(34,35)30-14-12-29(13-15-30)21-8-6-20(7-9-21)22-25-28-31(26-22)18-19-4-2-1-3-5-19/h1-9,33H,10-18H2,(H,27,32). The zero-order valence-corrected chi connectivity index (χ0v) is 21.0. The van der Waals surface area contributed by atoms with Gasteiger partial charge in [0.05, 0.1) is 6.54 Å². The lowest BCUT2D eigenvalue weighted by molar-refractivity contribution is -0.134. The largest absolute Gasteiger partial charge is 0.381 e. The second-order valence-corrected chi connectivity index (χ2v) is 11.4. The molecule has 1 amide bonds. The molecule has 0 bridgehead atoms. The van der Waals surface area contributed by atoms with Gasteiger partial charge in [0.25, 0.3) is 5.91 Å². The molecular weight excluding hydrogens is 498 g/mol. The molecule has 2 saturated heterocycles. The molecule has 3 aromatic rings. The third-order valence-corrected chi connectivity index (χ3v) is 9.62. The summed E-state index contributed by atoms with van der Waals surface area (Å²) in [7, 11) is -4.00. The summed E-state index contributed by atoms with van der Waals surface area (Å²) < 4.78 is 31.9. The molecule has 0 atom stereocenters. The molecule has 196 valence electrons. The van der Waals surface area contributed by atoms with E-state index in [1.54, 1.807) is 10.3 Å². The molecule has 5 rings (SSSR count). The van der Waals surface area contributed by atoms with Crippen LogP contribution in [0.1, 0.15) is 18.4 Å². The molecule has 13 heteroatoms. The van der Waals surface area contributed by atoms with Gasteiger partial charge in [0.15, 0.2) is 4.75 Å². The summed E-state index contributed by atoms with van der Waals surface area (Å²) in [4.78, 5) is 16.1. The molecule has 0 saturated carbocycles. The molecular formula is C24H29N7O5S. The van der Waals surface area contributed by atoms with Crippen molar-refractivity contribution in [1.82, 2.24) is 30.0 Å². The number of amides is 1. The summed E-state index contributed by atoms with van der Waals surface area (Å²) in [5.41, 5.74) is 4.43. The molecule has 2 aliphatic heterocycles. The SMILES string of the molecule is O=C(NO)C1(S(=O)(=O)N2CCN(c3ccc(-c4nnn(Cc5ccccc5)n4)cc3)CC2)CCOCC1. The number of aromatic nitrogens is 4. The van der Waals surface area contributed by atoms with E-state index in [0.717, 1.165) is 16.8 Å². The van der Waals surface area contributed by atoms with Gasteiger partial charge in [-0.3, -0.25) is 10.0 Å². The van der Waals surface area contributed by atoms with E-state index in [1.165, 1.54) is 4.31 Å². The Bertz CT molecular complexity index is 1320. The number of hydrogen-bond acceptors (Lipinski definition) is 9. The Labute approximate surface area is 214 Å². The van der Waals surface area contributed by atoms with Gasteiger partial charge in [-0.25, -0.2) is 13.9 Å². The maximum absolute atomic E-state index is 13.5. The highest BCUT2D eigenvalue weighted by Gasteiger charge is 2.54. The van der Waals surface area contributed by atoms with Crippen LogP contribution in [0.4, 0.5) is 5.69 Å². The van der Waals surface area contributed by atoms with E-state index in [4.69, 9.17) is 4.74 Å². The molecule has 2 aliphatic rings. The highest BCUT2D eigenvalue weighted by Crippen LogP contribution is 2.34. The van der Waals surface area contributed by atoms with E-state index < -0.39 is 20.7 Å². The second-order valence-electron chi connectivity index (χ2n) is 9.11. The first kappa shape index (κ1) is 25.3. The van der Waals surface area contributed by atoms with Crippen LogP contribution in [0, 0.1) is 0 Å². The number of benzene rings is 2. The Morgan fingerprint density at radius 2 is 1.68 bits per heavy atom. The Balaban J connectivity index is 1.23. The van der Waals surface area contributed by atoms with Gasteiger partial charge < -0.3 is 9.64 Å².